The third kappa shape index (κ3) is 3.60. The van der Waals surface area contributed by atoms with Crippen molar-refractivity contribution in [3.05, 3.63) is 24.2 Å². The third-order valence-electron chi connectivity index (χ3n) is 3.10. The SMILES string of the molecule is CCN(CC)c1nc(NN)nc(N(C)Cc2ccco2)n1. The Morgan fingerprint density at radius 2 is 1.90 bits per heavy atom. The van der Waals surface area contributed by atoms with Crippen LogP contribution >= 0.6 is 0 Å². The first-order valence-corrected chi connectivity index (χ1v) is 6.89. The van der Waals surface area contributed by atoms with Crippen molar-refractivity contribution in [3.8, 4) is 0 Å². The van der Waals surface area contributed by atoms with E-state index in [9.17, 15) is 0 Å². The zero-order valence-corrected chi connectivity index (χ0v) is 12.6. The first-order valence-electron chi connectivity index (χ1n) is 6.89. The zero-order chi connectivity index (χ0) is 15.2. The lowest BCUT2D eigenvalue weighted by Crippen LogP contribution is -2.28. The van der Waals surface area contributed by atoms with Crippen molar-refractivity contribution in [1.29, 1.82) is 0 Å². The first-order chi connectivity index (χ1) is 10.2. The fourth-order valence-electron chi connectivity index (χ4n) is 1.94. The van der Waals surface area contributed by atoms with Gasteiger partial charge in [-0.15, -0.1) is 0 Å². The molecule has 0 aliphatic carbocycles. The smallest absolute Gasteiger partial charge is 0.243 e. The number of furan rings is 1. The van der Waals surface area contributed by atoms with Crippen LogP contribution in [0.5, 0.6) is 0 Å². The summed E-state index contributed by atoms with van der Waals surface area (Å²) in [4.78, 5) is 17.0. The molecule has 8 heteroatoms. The van der Waals surface area contributed by atoms with E-state index in [2.05, 4.69) is 34.2 Å². The molecular weight excluding hydrogens is 270 g/mol. The highest BCUT2D eigenvalue weighted by Gasteiger charge is 2.14. The van der Waals surface area contributed by atoms with Crippen LogP contribution in [-0.2, 0) is 6.54 Å². The lowest BCUT2D eigenvalue weighted by molar-refractivity contribution is 0.506. The van der Waals surface area contributed by atoms with Crippen molar-refractivity contribution in [3.63, 3.8) is 0 Å². The van der Waals surface area contributed by atoms with Gasteiger partial charge in [0.25, 0.3) is 0 Å². The number of nitrogens with zero attached hydrogens (tertiary/aromatic N) is 5. The summed E-state index contributed by atoms with van der Waals surface area (Å²) in [6.45, 7) is 6.29. The van der Waals surface area contributed by atoms with Gasteiger partial charge in [0.1, 0.15) is 5.76 Å². The van der Waals surface area contributed by atoms with Gasteiger partial charge in [0.2, 0.25) is 17.8 Å². The number of rotatable bonds is 7. The molecule has 0 aliphatic heterocycles. The second kappa shape index (κ2) is 6.89. The molecule has 0 saturated carbocycles. The number of nitrogens with two attached hydrogens (primary N) is 1. The third-order valence-corrected chi connectivity index (χ3v) is 3.10. The van der Waals surface area contributed by atoms with Crippen LogP contribution in [0.3, 0.4) is 0 Å². The van der Waals surface area contributed by atoms with Crippen LogP contribution < -0.4 is 21.1 Å². The van der Waals surface area contributed by atoms with Gasteiger partial charge in [0, 0.05) is 20.1 Å². The highest BCUT2D eigenvalue weighted by atomic mass is 16.3. The molecule has 2 heterocycles. The molecule has 0 fully saturated rings. The molecule has 2 aromatic heterocycles. The van der Waals surface area contributed by atoms with Gasteiger partial charge in [-0.05, 0) is 26.0 Å². The molecule has 2 rings (SSSR count). The fraction of sp³-hybridized carbons (Fsp3) is 0.462. The summed E-state index contributed by atoms with van der Waals surface area (Å²) >= 11 is 0. The number of hydrogen-bond acceptors (Lipinski definition) is 8. The molecule has 0 aromatic carbocycles. The van der Waals surface area contributed by atoms with Crippen LogP contribution in [0.15, 0.2) is 22.8 Å². The molecule has 0 amide bonds. The van der Waals surface area contributed by atoms with Gasteiger partial charge in [-0.1, -0.05) is 0 Å². The molecule has 0 radical (unpaired) electrons. The van der Waals surface area contributed by atoms with E-state index >= 15 is 0 Å². The molecule has 21 heavy (non-hydrogen) atoms. The predicted molar refractivity (Wildman–Crippen MR) is 82.0 cm³/mol. The number of aromatic nitrogens is 3. The average Bonchev–Trinajstić information content (AvgIpc) is 3.01. The van der Waals surface area contributed by atoms with Crippen molar-refractivity contribution >= 4 is 17.8 Å². The Morgan fingerprint density at radius 1 is 1.19 bits per heavy atom. The number of nitrogen functional groups attached to an aromatic ring is 1. The van der Waals surface area contributed by atoms with E-state index in [-0.39, 0.29) is 0 Å². The van der Waals surface area contributed by atoms with Crippen LogP contribution in [0, 0.1) is 0 Å². The van der Waals surface area contributed by atoms with Crippen molar-refractivity contribution < 1.29 is 4.42 Å². The normalized spacial score (nSPS) is 10.5. The Kier molecular flexibility index (Phi) is 4.94. The standard InChI is InChI=1S/C13H21N7O/c1-4-20(5-2)13-16-11(18-14)15-12(17-13)19(3)9-10-7-6-8-21-10/h6-8H,4-5,9,14H2,1-3H3,(H,15,16,17,18). The van der Waals surface area contributed by atoms with E-state index in [1.807, 2.05) is 29.0 Å². The molecule has 0 spiro atoms. The van der Waals surface area contributed by atoms with E-state index in [1.54, 1.807) is 6.26 Å². The second-order valence-electron chi connectivity index (χ2n) is 4.51. The van der Waals surface area contributed by atoms with Gasteiger partial charge >= 0.3 is 0 Å². The molecule has 114 valence electrons. The van der Waals surface area contributed by atoms with E-state index < -0.39 is 0 Å². The van der Waals surface area contributed by atoms with Crippen LogP contribution in [0.4, 0.5) is 17.8 Å². The number of hydrogen-bond donors (Lipinski definition) is 2. The Hall–Kier alpha value is -2.35. The van der Waals surface area contributed by atoms with Crippen molar-refractivity contribution in [2.75, 3.05) is 35.4 Å². The Morgan fingerprint density at radius 3 is 2.48 bits per heavy atom. The molecule has 0 unspecified atom stereocenters. The maximum atomic E-state index is 5.45. The van der Waals surface area contributed by atoms with Crippen molar-refractivity contribution in [2.45, 2.75) is 20.4 Å². The van der Waals surface area contributed by atoms with Crippen molar-refractivity contribution in [2.24, 2.45) is 5.84 Å². The molecule has 0 aliphatic rings. The minimum absolute atomic E-state index is 0.341. The van der Waals surface area contributed by atoms with Gasteiger partial charge in [0.15, 0.2) is 0 Å². The summed E-state index contributed by atoms with van der Waals surface area (Å²) in [5.41, 5.74) is 2.49. The predicted octanol–water partition coefficient (Wildman–Crippen LogP) is 1.23. The number of hydrazine groups is 1. The molecular formula is C13H21N7O. The van der Waals surface area contributed by atoms with E-state index in [0.29, 0.717) is 24.4 Å². The van der Waals surface area contributed by atoms with E-state index in [4.69, 9.17) is 10.3 Å². The van der Waals surface area contributed by atoms with Gasteiger partial charge in [0.05, 0.1) is 12.8 Å². The zero-order valence-electron chi connectivity index (χ0n) is 12.6. The summed E-state index contributed by atoms with van der Waals surface area (Å²) in [5, 5.41) is 0. The highest BCUT2D eigenvalue weighted by Crippen LogP contribution is 2.17. The van der Waals surface area contributed by atoms with Gasteiger partial charge in [-0.25, -0.2) is 5.84 Å². The van der Waals surface area contributed by atoms with Gasteiger partial charge in [-0.2, -0.15) is 15.0 Å². The van der Waals surface area contributed by atoms with E-state index in [1.165, 1.54) is 0 Å². The number of anilines is 3. The summed E-state index contributed by atoms with van der Waals surface area (Å²) in [6.07, 6.45) is 1.64. The maximum Gasteiger partial charge on any atom is 0.243 e. The van der Waals surface area contributed by atoms with Crippen molar-refractivity contribution in [1.82, 2.24) is 15.0 Å². The quantitative estimate of drug-likeness (QED) is 0.581. The summed E-state index contributed by atoms with van der Waals surface area (Å²) < 4.78 is 5.34. The van der Waals surface area contributed by atoms with E-state index in [0.717, 1.165) is 18.8 Å². The van der Waals surface area contributed by atoms with Crippen LogP contribution in [0.2, 0.25) is 0 Å². The van der Waals surface area contributed by atoms with Crippen LogP contribution in [0.1, 0.15) is 19.6 Å². The molecule has 0 bridgehead atoms. The highest BCUT2D eigenvalue weighted by molar-refractivity contribution is 5.44. The molecule has 0 saturated heterocycles. The topological polar surface area (TPSA) is 96.3 Å². The monoisotopic (exact) mass is 291 g/mol. The minimum Gasteiger partial charge on any atom is -0.467 e. The Balaban J connectivity index is 2.27. The second-order valence-corrected chi connectivity index (χ2v) is 4.51. The minimum atomic E-state index is 0.341. The fourth-order valence-corrected chi connectivity index (χ4v) is 1.94. The maximum absolute atomic E-state index is 5.45. The Labute approximate surface area is 124 Å². The largest absolute Gasteiger partial charge is 0.467 e. The van der Waals surface area contributed by atoms with Crippen LogP contribution in [0.25, 0.3) is 0 Å². The molecule has 8 nitrogen and oxygen atoms in total. The summed E-state index contributed by atoms with van der Waals surface area (Å²) in [5.74, 6) is 7.77. The summed E-state index contributed by atoms with van der Waals surface area (Å²) in [7, 11) is 1.89. The molecule has 0 atom stereocenters. The summed E-state index contributed by atoms with van der Waals surface area (Å²) in [6, 6.07) is 3.76. The number of nitrogens with one attached hydrogen (secondary N) is 1. The van der Waals surface area contributed by atoms with Crippen LogP contribution in [-0.4, -0.2) is 35.1 Å². The van der Waals surface area contributed by atoms with Gasteiger partial charge in [-0.3, -0.25) is 5.43 Å². The lowest BCUT2D eigenvalue weighted by atomic mass is 10.4. The van der Waals surface area contributed by atoms with Gasteiger partial charge < -0.3 is 14.2 Å². The average molecular weight is 291 g/mol. The Bertz CT molecular complexity index is 554. The molecule has 3 N–H and O–H groups in total. The first kappa shape index (κ1) is 15.0. The molecule has 2 aromatic rings. The lowest BCUT2D eigenvalue weighted by Gasteiger charge is -2.22.